The summed E-state index contributed by atoms with van der Waals surface area (Å²) in [5.74, 6) is -1.70. The molecular formula is C20H24ClN5O6. The number of hydrogen-bond donors (Lipinski definition) is 3. The lowest BCUT2D eigenvalue weighted by atomic mass is 10.0. The number of nitrogens with zero attached hydrogens (tertiary/aromatic N) is 2. The summed E-state index contributed by atoms with van der Waals surface area (Å²) in [5, 5.41) is 0.478. The quantitative estimate of drug-likeness (QED) is 0.490. The first-order valence-corrected chi connectivity index (χ1v) is 10.1. The molecule has 172 valence electrons. The molecule has 1 fully saturated rings. The van der Waals surface area contributed by atoms with Gasteiger partial charge in [0.25, 0.3) is 0 Å². The Morgan fingerprint density at radius 2 is 1.75 bits per heavy atom. The molecule has 1 saturated heterocycles. The zero-order chi connectivity index (χ0) is 23.6. The largest absolute Gasteiger partial charge is 0.456 e. The first-order chi connectivity index (χ1) is 15.1. The predicted molar refractivity (Wildman–Crippen MR) is 113 cm³/mol. The molecule has 0 aliphatic carbocycles. The van der Waals surface area contributed by atoms with Crippen molar-refractivity contribution in [3.05, 3.63) is 46.9 Å². The van der Waals surface area contributed by atoms with Crippen molar-refractivity contribution >= 4 is 35.3 Å². The average Bonchev–Trinajstić information content (AvgIpc) is 3.23. The molecular weight excluding hydrogens is 442 g/mol. The Balaban J connectivity index is 2.10. The molecule has 0 spiro atoms. The third kappa shape index (κ3) is 4.85. The predicted octanol–water partition coefficient (Wildman–Crippen LogP) is 0.455. The van der Waals surface area contributed by atoms with Gasteiger partial charge in [0.1, 0.15) is 23.8 Å². The number of halogens is 1. The zero-order valence-electron chi connectivity index (χ0n) is 17.4. The monoisotopic (exact) mass is 465 g/mol. The lowest BCUT2D eigenvalue weighted by Gasteiger charge is -2.25. The number of esters is 2. The Morgan fingerprint density at radius 3 is 2.28 bits per heavy atom. The van der Waals surface area contributed by atoms with Gasteiger partial charge in [-0.3, -0.25) is 14.4 Å². The van der Waals surface area contributed by atoms with Crippen molar-refractivity contribution in [2.75, 3.05) is 12.3 Å². The van der Waals surface area contributed by atoms with Gasteiger partial charge in [-0.15, -0.1) is 0 Å². The van der Waals surface area contributed by atoms with Crippen LogP contribution in [0, 0.1) is 0 Å². The number of nitrogen functional groups attached to an aromatic ring is 1. The van der Waals surface area contributed by atoms with Crippen molar-refractivity contribution in [1.29, 1.82) is 0 Å². The maximum atomic E-state index is 12.4. The lowest BCUT2D eigenvalue weighted by Crippen LogP contribution is -2.41. The third-order valence-electron chi connectivity index (χ3n) is 4.91. The SMILES string of the molecule is CC(=O)O[C@@H]1[C@H](OC(C)=O)[C@@H](CN)O[C@H]1c1nc(N)cn1C(C(N)=O)c1ccc(Cl)cc1. The molecule has 1 unspecified atom stereocenters. The van der Waals surface area contributed by atoms with Gasteiger partial charge >= 0.3 is 11.9 Å². The Labute approximate surface area is 188 Å². The van der Waals surface area contributed by atoms with E-state index in [1.165, 1.54) is 24.6 Å². The summed E-state index contributed by atoms with van der Waals surface area (Å²) in [6, 6.07) is 5.49. The Morgan fingerprint density at radius 1 is 1.16 bits per heavy atom. The summed E-state index contributed by atoms with van der Waals surface area (Å²) in [4.78, 5) is 40.2. The van der Waals surface area contributed by atoms with E-state index in [9.17, 15) is 14.4 Å². The normalized spacial score (nSPS) is 23.5. The molecule has 6 N–H and O–H groups in total. The number of rotatable bonds is 7. The van der Waals surface area contributed by atoms with Gasteiger partial charge in [0.05, 0.1) is 0 Å². The topological polar surface area (TPSA) is 175 Å². The molecule has 2 aromatic rings. The second-order valence-corrected chi connectivity index (χ2v) is 7.70. The van der Waals surface area contributed by atoms with Gasteiger partial charge < -0.3 is 36.0 Å². The van der Waals surface area contributed by atoms with Crippen molar-refractivity contribution in [1.82, 2.24) is 9.55 Å². The fourth-order valence-electron chi connectivity index (χ4n) is 3.73. The molecule has 0 bridgehead atoms. The van der Waals surface area contributed by atoms with Crippen molar-refractivity contribution in [3.8, 4) is 0 Å². The van der Waals surface area contributed by atoms with E-state index in [1.807, 2.05) is 0 Å². The molecule has 12 heteroatoms. The van der Waals surface area contributed by atoms with E-state index in [2.05, 4.69) is 4.98 Å². The fourth-order valence-corrected chi connectivity index (χ4v) is 3.86. The molecule has 0 radical (unpaired) electrons. The Bertz CT molecular complexity index is 1010. The standard InChI is InChI=1S/C20H24ClN5O6/c1-9(27)30-16-13(7-22)32-18(17(16)31-10(2)28)20-25-14(23)8-26(20)15(19(24)29)11-3-5-12(21)6-4-11/h3-6,8,13,15-18H,7,22-23H2,1-2H3,(H2,24,29)/t13-,15?,16-,17-,18-/m1/s1. The second kappa shape index (κ2) is 9.55. The molecule has 11 nitrogen and oxygen atoms in total. The number of aromatic nitrogens is 2. The summed E-state index contributed by atoms with van der Waals surface area (Å²) >= 11 is 5.96. The average molecular weight is 466 g/mol. The van der Waals surface area contributed by atoms with Crippen LogP contribution in [0.5, 0.6) is 0 Å². The van der Waals surface area contributed by atoms with E-state index >= 15 is 0 Å². The van der Waals surface area contributed by atoms with E-state index < -0.39 is 48.3 Å². The van der Waals surface area contributed by atoms with E-state index in [-0.39, 0.29) is 18.2 Å². The molecule has 1 aromatic carbocycles. The number of amides is 1. The molecule has 5 atom stereocenters. The van der Waals surface area contributed by atoms with E-state index in [0.29, 0.717) is 10.6 Å². The number of primary amides is 1. The van der Waals surface area contributed by atoms with Crippen molar-refractivity contribution in [2.45, 2.75) is 44.3 Å². The number of ether oxygens (including phenoxy) is 3. The van der Waals surface area contributed by atoms with Crippen LogP contribution < -0.4 is 17.2 Å². The smallest absolute Gasteiger partial charge is 0.303 e. The van der Waals surface area contributed by atoms with Crippen molar-refractivity contribution < 1.29 is 28.6 Å². The minimum Gasteiger partial charge on any atom is -0.456 e. The first kappa shape index (κ1) is 23.5. The highest BCUT2D eigenvalue weighted by atomic mass is 35.5. The molecule has 3 rings (SSSR count). The molecule has 1 aliphatic rings. The van der Waals surface area contributed by atoms with Crippen LogP contribution >= 0.6 is 11.6 Å². The van der Waals surface area contributed by atoms with Gasteiger partial charge in [-0.2, -0.15) is 0 Å². The summed E-state index contributed by atoms with van der Waals surface area (Å²) in [7, 11) is 0. The number of carbonyl (C=O) groups excluding carboxylic acids is 3. The summed E-state index contributed by atoms with van der Waals surface area (Å²) in [6.07, 6.45) is -2.47. The van der Waals surface area contributed by atoms with Crippen LogP contribution in [0.2, 0.25) is 5.02 Å². The summed E-state index contributed by atoms with van der Waals surface area (Å²) in [6.45, 7) is 2.39. The van der Waals surface area contributed by atoms with Gasteiger partial charge in [-0.1, -0.05) is 23.7 Å². The minimum absolute atomic E-state index is 0.0289. The van der Waals surface area contributed by atoms with Gasteiger partial charge in [0.2, 0.25) is 5.91 Å². The van der Waals surface area contributed by atoms with Crippen LogP contribution in [-0.4, -0.2) is 52.3 Å². The number of benzene rings is 1. The van der Waals surface area contributed by atoms with E-state index in [1.54, 1.807) is 24.3 Å². The maximum absolute atomic E-state index is 12.4. The Kier molecular flexibility index (Phi) is 7.02. The summed E-state index contributed by atoms with van der Waals surface area (Å²) < 4.78 is 18.2. The van der Waals surface area contributed by atoms with Gasteiger partial charge in [0, 0.05) is 31.6 Å². The van der Waals surface area contributed by atoms with Crippen LogP contribution in [0.15, 0.2) is 30.5 Å². The highest BCUT2D eigenvalue weighted by molar-refractivity contribution is 6.30. The number of carbonyl (C=O) groups is 3. The maximum Gasteiger partial charge on any atom is 0.303 e. The Hall–Kier alpha value is -3.15. The van der Waals surface area contributed by atoms with Gasteiger partial charge in [-0.25, -0.2) is 4.98 Å². The van der Waals surface area contributed by atoms with Crippen LogP contribution in [0.25, 0.3) is 0 Å². The van der Waals surface area contributed by atoms with Crippen LogP contribution in [0.4, 0.5) is 5.82 Å². The van der Waals surface area contributed by atoms with Crippen LogP contribution in [0.3, 0.4) is 0 Å². The van der Waals surface area contributed by atoms with Gasteiger partial charge in [0.15, 0.2) is 18.3 Å². The summed E-state index contributed by atoms with van der Waals surface area (Å²) in [5.41, 5.74) is 18.0. The highest BCUT2D eigenvalue weighted by Gasteiger charge is 2.51. The van der Waals surface area contributed by atoms with Crippen molar-refractivity contribution in [2.24, 2.45) is 11.5 Å². The number of imidazole rings is 1. The highest BCUT2D eigenvalue weighted by Crippen LogP contribution is 2.39. The number of nitrogens with two attached hydrogens (primary N) is 3. The molecule has 32 heavy (non-hydrogen) atoms. The fraction of sp³-hybridized carbons (Fsp3) is 0.400. The minimum atomic E-state index is -1.08. The number of hydrogen-bond acceptors (Lipinski definition) is 9. The van der Waals surface area contributed by atoms with E-state index in [4.69, 9.17) is 43.0 Å². The first-order valence-electron chi connectivity index (χ1n) is 9.71. The number of anilines is 1. The van der Waals surface area contributed by atoms with Gasteiger partial charge in [-0.05, 0) is 17.7 Å². The second-order valence-electron chi connectivity index (χ2n) is 7.27. The van der Waals surface area contributed by atoms with E-state index in [0.717, 1.165) is 0 Å². The molecule has 1 aliphatic heterocycles. The molecule has 1 amide bonds. The molecule has 2 heterocycles. The van der Waals surface area contributed by atoms with Crippen molar-refractivity contribution in [3.63, 3.8) is 0 Å². The van der Waals surface area contributed by atoms with Crippen LogP contribution in [-0.2, 0) is 28.6 Å². The molecule has 0 saturated carbocycles. The molecule has 1 aromatic heterocycles. The van der Waals surface area contributed by atoms with Crippen LogP contribution in [0.1, 0.15) is 37.4 Å². The third-order valence-corrected chi connectivity index (χ3v) is 5.17. The lowest BCUT2D eigenvalue weighted by molar-refractivity contribution is -0.164. The zero-order valence-corrected chi connectivity index (χ0v) is 18.2.